The third-order valence-corrected chi connectivity index (χ3v) is 9.00. The minimum absolute atomic E-state index is 0.0207. The molecular weight excluding hydrogens is 450 g/mol. The Kier molecular flexibility index (Phi) is 5.98. The van der Waals surface area contributed by atoms with Crippen molar-refractivity contribution in [2.45, 2.75) is 44.3 Å². The Hall–Kier alpha value is -2.01. The van der Waals surface area contributed by atoms with Gasteiger partial charge in [0.05, 0.1) is 6.61 Å². The van der Waals surface area contributed by atoms with Gasteiger partial charge in [-0.25, -0.2) is 13.1 Å². The van der Waals surface area contributed by atoms with Crippen LogP contribution in [-0.4, -0.2) is 29.8 Å². The van der Waals surface area contributed by atoms with Crippen LogP contribution in [0.5, 0.6) is 0 Å². The van der Waals surface area contributed by atoms with Crippen LogP contribution in [0.2, 0.25) is 5.02 Å². The third-order valence-electron chi connectivity index (χ3n) is 5.32. The molecule has 2 unspecified atom stereocenters. The van der Waals surface area contributed by atoms with Crippen molar-refractivity contribution in [2.24, 2.45) is 5.73 Å². The van der Waals surface area contributed by atoms with Crippen molar-refractivity contribution >= 4 is 45.2 Å². The number of hydrogen-bond donors (Lipinski definition) is 3. The predicted molar refractivity (Wildman–Crippen MR) is 117 cm³/mol. The van der Waals surface area contributed by atoms with Crippen molar-refractivity contribution in [1.29, 1.82) is 0 Å². The number of benzene rings is 1. The Labute approximate surface area is 183 Å². The van der Waals surface area contributed by atoms with Gasteiger partial charge in [-0.3, -0.25) is 4.79 Å². The van der Waals surface area contributed by atoms with Crippen LogP contribution in [-0.2, 0) is 26.2 Å². The van der Waals surface area contributed by atoms with Crippen LogP contribution in [0.1, 0.15) is 33.5 Å². The Balaban J connectivity index is 2.34. The largest absolute Gasteiger partial charge is 0.392 e. The molecule has 0 saturated heterocycles. The van der Waals surface area contributed by atoms with Crippen LogP contribution < -0.4 is 10.5 Å². The molecule has 30 heavy (non-hydrogen) atoms. The van der Waals surface area contributed by atoms with Crippen molar-refractivity contribution in [3.8, 4) is 0 Å². The van der Waals surface area contributed by atoms with E-state index >= 15 is 0 Å². The molecule has 8 nitrogen and oxygen atoms in total. The Morgan fingerprint density at radius 1 is 1.37 bits per heavy atom. The summed E-state index contributed by atoms with van der Waals surface area (Å²) in [6, 6.07) is 1.78. The second-order valence-corrected chi connectivity index (χ2v) is 10.5. The van der Waals surface area contributed by atoms with Gasteiger partial charge in [0.15, 0.2) is 4.75 Å². The van der Waals surface area contributed by atoms with E-state index in [0.29, 0.717) is 27.9 Å². The highest BCUT2D eigenvalue weighted by atomic mass is 35.5. The maximum absolute atomic E-state index is 13.8. The summed E-state index contributed by atoms with van der Waals surface area (Å²) in [6.45, 7) is 6.60. The van der Waals surface area contributed by atoms with E-state index in [1.165, 1.54) is 6.08 Å². The molecule has 4 N–H and O–H groups in total. The zero-order chi connectivity index (χ0) is 22.4. The normalized spacial score (nSPS) is 21.2. The van der Waals surface area contributed by atoms with Crippen LogP contribution in [0.4, 0.5) is 5.88 Å². The molecule has 1 aliphatic rings. The van der Waals surface area contributed by atoms with Gasteiger partial charge in [0, 0.05) is 0 Å². The number of carbonyl (C=O) groups excluding carboxylic acids is 1. The van der Waals surface area contributed by atoms with Gasteiger partial charge in [0.2, 0.25) is 15.9 Å². The number of nitrogens with one attached hydrogen (secondary N) is 1. The monoisotopic (exact) mass is 471 g/mol. The molecular formula is C19H22ClN3O5S2. The Morgan fingerprint density at radius 3 is 2.57 bits per heavy atom. The molecule has 0 bridgehead atoms. The molecule has 2 atom stereocenters. The van der Waals surface area contributed by atoms with Gasteiger partial charge in [-0.2, -0.15) is 0 Å². The standard InChI is InChI=1S/C19H22ClN3O5S2/c1-9-7-10(2)14(11(3)13(9)8-24)19(5-6-29-16(19)17(21)25)30(26,27)23-18-15(20)12(4)22-28-18/h5-7,16,23-24H,8H2,1-4H3,(H2,21,25). The first kappa shape index (κ1) is 22.7. The molecule has 2 aromatic rings. The summed E-state index contributed by atoms with van der Waals surface area (Å²) in [7, 11) is -4.37. The highest BCUT2D eigenvalue weighted by Gasteiger charge is 2.57. The topological polar surface area (TPSA) is 136 Å². The minimum Gasteiger partial charge on any atom is -0.392 e. The number of sulfonamides is 1. The number of halogens is 1. The van der Waals surface area contributed by atoms with E-state index in [0.717, 1.165) is 17.3 Å². The van der Waals surface area contributed by atoms with Gasteiger partial charge < -0.3 is 15.4 Å². The third kappa shape index (κ3) is 3.31. The summed E-state index contributed by atoms with van der Waals surface area (Å²) in [5.41, 5.74) is 8.94. The number of nitrogens with zero attached hydrogens (tertiary/aromatic N) is 1. The van der Waals surface area contributed by atoms with E-state index in [-0.39, 0.29) is 17.5 Å². The number of aromatic nitrogens is 1. The average molecular weight is 472 g/mol. The summed E-state index contributed by atoms with van der Waals surface area (Å²) in [5.74, 6) is -1.04. The van der Waals surface area contributed by atoms with E-state index in [9.17, 15) is 18.3 Å². The molecule has 162 valence electrons. The summed E-state index contributed by atoms with van der Waals surface area (Å²) >= 11 is 7.13. The maximum atomic E-state index is 13.8. The zero-order valence-corrected chi connectivity index (χ0v) is 19.2. The number of amides is 1. The number of aliphatic hydroxyl groups excluding tert-OH is 1. The number of rotatable bonds is 6. The second kappa shape index (κ2) is 7.92. The number of primary amides is 1. The van der Waals surface area contributed by atoms with Crippen LogP contribution >= 0.6 is 23.4 Å². The number of thioether (sulfide) groups is 1. The molecule has 0 fully saturated rings. The first-order chi connectivity index (χ1) is 14.0. The molecule has 0 saturated carbocycles. The minimum atomic E-state index is -4.37. The smallest absolute Gasteiger partial charge is 0.257 e. The molecule has 1 amide bonds. The lowest BCUT2D eigenvalue weighted by atomic mass is 9.83. The fourth-order valence-electron chi connectivity index (χ4n) is 3.96. The van der Waals surface area contributed by atoms with Crippen molar-refractivity contribution in [1.82, 2.24) is 5.16 Å². The number of hydrogen-bond acceptors (Lipinski definition) is 7. The van der Waals surface area contributed by atoms with Crippen LogP contribution in [0.15, 0.2) is 22.1 Å². The fraction of sp³-hybridized carbons (Fsp3) is 0.368. The lowest BCUT2D eigenvalue weighted by Gasteiger charge is -2.35. The van der Waals surface area contributed by atoms with E-state index in [4.69, 9.17) is 21.9 Å². The SMILES string of the molecule is Cc1cc(C)c(C2(S(=O)(=O)Nc3onc(C)c3Cl)C=CSC2C(N)=O)c(C)c1CO. The Morgan fingerprint density at radius 2 is 2.03 bits per heavy atom. The van der Waals surface area contributed by atoms with E-state index in [2.05, 4.69) is 9.88 Å². The lowest BCUT2D eigenvalue weighted by Crippen LogP contribution is -2.51. The van der Waals surface area contributed by atoms with Crippen LogP contribution in [0.25, 0.3) is 0 Å². The number of anilines is 1. The average Bonchev–Trinajstić information content (AvgIpc) is 3.22. The van der Waals surface area contributed by atoms with Crippen LogP contribution in [0.3, 0.4) is 0 Å². The van der Waals surface area contributed by atoms with Crippen molar-refractivity contribution < 1.29 is 22.8 Å². The summed E-state index contributed by atoms with van der Waals surface area (Å²) < 4.78 is 33.1. The molecule has 1 aliphatic heterocycles. The first-order valence-electron chi connectivity index (χ1n) is 8.95. The van der Waals surface area contributed by atoms with Gasteiger partial charge in [0.1, 0.15) is 16.0 Å². The van der Waals surface area contributed by atoms with E-state index in [1.54, 1.807) is 32.2 Å². The second-order valence-electron chi connectivity index (χ2n) is 7.18. The number of nitrogens with two attached hydrogens (primary N) is 1. The molecule has 0 spiro atoms. The maximum Gasteiger partial charge on any atom is 0.257 e. The van der Waals surface area contributed by atoms with Crippen molar-refractivity contribution in [2.75, 3.05) is 4.72 Å². The lowest BCUT2D eigenvalue weighted by molar-refractivity contribution is -0.117. The number of carbonyl (C=O) groups is 1. The van der Waals surface area contributed by atoms with E-state index in [1.807, 2.05) is 6.92 Å². The molecule has 1 aromatic carbocycles. The number of aliphatic hydroxyl groups is 1. The van der Waals surface area contributed by atoms with Gasteiger partial charge in [0.25, 0.3) is 5.88 Å². The molecule has 2 heterocycles. The summed E-state index contributed by atoms with van der Waals surface area (Å²) in [4.78, 5) is 12.4. The van der Waals surface area contributed by atoms with Crippen molar-refractivity contribution in [3.05, 3.63) is 56.1 Å². The number of aryl methyl sites for hydroxylation is 3. The highest BCUT2D eigenvalue weighted by molar-refractivity contribution is 8.05. The molecule has 0 aliphatic carbocycles. The zero-order valence-electron chi connectivity index (χ0n) is 16.8. The quantitative estimate of drug-likeness (QED) is 0.589. The van der Waals surface area contributed by atoms with Gasteiger partial charge >= 0.3 is 0 Å². The fourth-order valence-corrected chi connectivity index (χ4v) is 7.53. The first-order valence-corrected chi connectivity index (χ1v) is 11.8. The van der Waals surface area contributed by atoms with Crippen LogP contribution in [0, 0.1) is 27.7 Å². The molecule has 3 rings (SSSR count). The summed E-state index contributed by atoms with van der Waals surface area (Å²) in [5, 5.41) is 14.0. The molecule has 0 radical (unpaired) electrons. The summed E-state index contributed by atoms with van der Waals surface area (Å²) in [6.07, 6.45) is 1.44. The Bertz CT molecular complexity index is 1160. The molecule has 1 aromatic heterocycles. The highest BCUT2D eigenvalue weighted by Crippen LogP contribution is 2.50. The molecule has 11 heteroatoms. The van der Waals surface area contributed by atoms with E-state index < -0.39 is 25.9 Å². The van der Waals surface area contributed by atoms with Gasteiger partial charge in [-0.15, -0.1) is 11.8 Å². The van der Waals surface area contributed by atoms with Crippen molar-refractivity contribution in [3.63, 3.8) is 0 Å². The van der Waals surface area contributed by atoms with Gasteiger partial charge in [-0.05, 0) is 67.0 Å². The van der Waals surface area contributed by atoms with Gasteiger partial charge in [-0.1, -0.05) is 22.8 Å². The predicted octanol–water partition coefficient (Wildman–Crippen LogP) is 2.81.